The molecule has 0 heterocycles. The molecule has 0 aliphatic heterocycles. The van der Waals surface area contributed by atoms with E-state index in [9.17, 15) is 0 Å². The van der Waals surface area contributed by atoms with Crippen LogP contribution in [0, 0.1) is 11.8 Å². The smallest absolute Gasteiger partial charge is 0.00721 e. The second-order valence-electron chi connectivity index (χ2n) is 6.10. The van der Waals surface area contributed by atoms with Crippen molar-refractivity contribution >= 4 is 0 Å². The molecule has 0 spiro atoms. The van der Waals surface area contributed by atoms with Gasteiger partial charge in [0, 0.05) is 12.1 Å². The van der Waals surface area contributed by atoms with Crippen molar-refractivity contribution < 1.29 is 0 Å². The summed E-state index contributed by atoms with van der Waals surface area (Å²) in [7, 11) is 0. The Balaban J connectivity index is 1.75. The first-order valence-corrected chi connectivity index (χ1v) is 7.00. The Hall–Kier alpha value is -0.0400. The van der Waals surface area contributed by atoms with Crippen molar-refractivity contribution in [3.05, 3.63) is 0 Å². The molecule has 0 radical (unpaired) electrons. The van der Waals surface area contributed by atoms with Crippen LogP contribution in [-0.4, -0.2) is 12.1 Å². The van der Waals surface area contributed by atoms with Crippen molar-refractivity contribution in [3.8, 4) is 0 Å². The van der Waals surface area contributed by atoms with E-state index in [0.717, 1.165) is 23.9 Å². The van der Waals surface area contributed by atoms with Crippen molar-refractivity contribution in [2.24, 2.45) is 11.8 Å². The normalized spacial score (nSPS) is 42.8. The fraction of sp³-hybridized carbons (Fsp3) is 1.00. The van der Waals surface area contributed by atoms with Crippen LogP contribution in [0.4, 0.5) is 0 Å². The van der Waals surface area contributed by atoms with Crippen LogP contribution in [0.25, 0.3) is 0 Å². The van der Waals surface area contributed by atoms with E-state index < -0.39 is 0 Å². The second kappa shape index (κ2) is 5.34. The predicted octanol–water partition coefficient (Wildman–Crippen LogP) is 3.73. The van der Waals surface area contributed by atoms with Gasteiger partial charge in [-0.3, -0.25) is 0 Å². The molecule has 1 nitrogen and oxygen atoms in total. The molecule has 0 aromatic carbocycles. The van der Waals surface area contributed by atoms with Crippen molar-refractivity contribution in [2.45, 2.75) is 77.3 Å². The molecule has 0 saturated heterocycles. The minimum absolute atomic E-state index is 0.837. The molecular weight excluding hydrogens is 182 g/mol. The van der Waals surface area contributed by atoms with Gasteiger partial charge in [0.25, 0.3) is 0 Å². The van der Waals surface area contributed by atoms with Gasteiger partial charge in [-0.15, -0.1) is 0 Å². The number of hydrogen-bond acceptors (Lipinski definition) is 1. The molecule has 0 unspecified atom stereocenters. The molecule has 2 aliphatic carbocycles. The molecule has 2 rings (SSSR count). The highest BCUT2D eigenvalue weighted by Crippen LogP contribution is 2.27. The third-order valence-electron chi connectivity index (χ3n) is 4.34. The maximum absolute atomic E-state index is 3.92. The summed E-state index contributed by atoms with van der Waals surface area (Å²) < 4.78 is 0. The van der Waals surface area contributed by atoms with E-state index in [1.165, 1.54) is 51.4 Å². The van der Waals surface area contributed by atoms with E-state index in [1.54, 1.807) is 0 Å². The van der Waals surface area contributed by atoms with Gasteiger partial charge in [-0.1, -0.05) is 39.5 Å². The first-order valence-electron chi connectivity index (χ1n) is 7.00. The van der Waals surface area contributed by atoms with Crippen LogP contribution < -0.4 is 5.32 Å². The average molecular weight is 209 g/mol. The van der Waals surface area contributed by atoms with Crippen LogP contribution in [0.2, 0.25) is 0 Å². The predicted molar refractivity (Wildman–Crippen MR) is 66.0 cm³/mol. The lowest BCUT2D eigenvalue weighted by Crippen LogP contribution is -2.42. The fourth-order valence-electron chi connectivity index (χ4n) is 3.50. The lowest BCUT2D eigenvalue weighted by molar-refractivity contribution is 0.232. The molecule has 2 fully saturated rings. The molecule has 0 aromatic heterocycles. The summed E-state index contributed by atoms with van der Waals surface area (Å²) in [5.41, 5.74) is 0. The van der Waals surface area contributed by atoms with E-state index in [4.69, 9.17) is 0 Å². The first kappa shape index (κ1) is 11.4. The number of nitrogens with one attached hydrogen (secondary N) is 1. The second-order valence-corrected chi connectivity index (χ2v) is 6.10. The van der Waals surface area contributed by atoms with Crippen LogP contribution in [0.1, 0.15) is 65.2 Å². The summed E-state index contributed by atoms with van der Waals surface area (Å²) >= 11 is 0. The Morgan fingerprint density at radius 3 is 1.60 bits per heavy atom. The largest absolute Gasteiger partial charge is 0.311 e. The molecule has 0 bridgehead atoms. The van der Waals surface area contributed by atoms with Crippen LogP contribution >= 0.6 is 0 Å². The third kappa shape index (κ3) is 3.48. The maximum atomic E-state index is 3.92. The highest BCUT2D eigenvalue weighted by molar-refractivity contribution is 4.82. The van der Waals surface area contributed by atoms with Crippen LogP contribution in [0.3, 0.4) is 0 Å². The molecule has 0 amide bonds. The first-order chi connectivity index (χ1) is 7.24. The van der Waals surface area contributed by atoms with Gasteiger partial charge >= 0.3 is 0 Å². The summed E-state index contributed by atoms with van der Waals surface area (Å²) in [6, 6.07) is 1.67. The van der Waals surface area contributed by atoms with Gasteiger partial charge in [0.1, 0.15) is 0 Å². The Bertz CT molecular complexity index is 170. The number of hydrogen-bond donors (Lipinski definition) is 1. The molecular formula is C14H27N. The molecule has 0 aromatic rings. The minimum Gasteiger partial charge on any atom is -0.311 e. The summed E-state index contributed by atoms with van der Waals surface area (Å²) in [5.74, 6) is 1.91. The van der Waals surface area contributed by atoms with Crippen LogP contribution in [-0.2, 0) is 0 Å². The van der Waals surface area contributed by atoms with E-state index in [1.807, 2.05) is 0 Å². The van der Waals surface area contributed by atoms with Gasteiger partial charge in [-0.25, -0.2) is 0 Å². The van der Waals surface area contributed by atoms with E-state index >= 15 is 0 Å². The summed E-state index contributed by atoms with van der Waals surface area (Å²) in [6.45, 7) is 4.83. The summed E-state index contributed by atoms with van der Waals surface area (Å²) in [5, 5.41) is 3.92. The maximum Gasteiger partial charge on any atom is 0.00721 e. The third-order valence-corrected chi connectivity index (χ3v) is 4.34. The Morgan fingerprint density at radius 1 is 0.733 bits per heavy atom. The highest BCUT2D eigenvalue weighted by Gasteiger charge is 2.24. The molecule has 2 saturated carbocycles. The van der Waals surface area contributed by atoms with Crippen LogP contribution in [0.15, 0.2) is 0 Å². The van der Waals surface area contributed by atoms with Crippen molar-refractivity contribution in [1.82, 2.24) is 5.32 Å². The lowest BCUT2D eigenvalue weighted by atomic mass is 9.83. The van der Waals surface area contributed by atoms with Gasteiger partial charge in [0.2, 0.25) is 0 Å². The Kier molecular flexibility index (Phi) is 4.07. The zero-order valence-electron chi connectivity index (χ0n) is 10.5. The number of rotatable bonds is 2. The van der Waals surface area contributed by atoms with Gasteiger partial charge in [0.05, 0.1) is 0 Å². The average Bonchev–Trinajstić information content (AvgIpc) is 2.17. The van der Waals surface area contributed by atoms with Gasteiger partial charge < -0.3 is 5.32 Å². The molecule has 1 heteroatoms. The van der Waals surface area contributed by atoms with Crippen molar-refractivity contribution in [3.63, 3.8) is 0 Å². The molecule has 1 N–H and O–H groups in total. The topological polar surface area (TPSA) is 12.0 Å². The molecule has 4 atom stereocenters. The van der Waals surface area contributed by atoms with E-state index in [-0.39, 0.29) is 0 Å². The molecule has 2 aliphatic rings. The zero-order chi connectivity index (χ0) is 10.7. The molecule has 88 valence electrons. The monoisotopic (exact) mass is 209 g/mol. The lowest BCUT2D eigenvalue weighted by Gasteiger charge is -2.34. The molecule has 15 heavy (non-hydrogen) atoms. The van der Waals surface area contributed by atoms with Gasteiger partial charge in [0.15, 0.2) is 0 Å². The van der Waals surface area contributed by atoms with Gasteiger partial charge in [-0.05, 0) is 37.5 Å². The van der Waals surface area contributed by atoms with Crippen LogP contribution in [0.5, 0.6) is 0 Å². The highest BCUT2D eigenvalue weighted by atomic mass is 15.0. The van der Waals surface area contributed by atoms with E-state index in [2.05, 4.69) is 19.2 Å². The van der Waals surface area contributed by atoms with Crippen molar-refractivity contribution in [1.29, 1.82) is 0 Å². The van der Waals surface area contributed by atoms with Crippen molar-refractivity contribution in [2.75, 3.05) is 0 Å². The Morgan fingerprint density at radius 2 is 1.20 bits per heavy atom. The summed E-state index contributed by atoms with van der Waals surface area (Å²) in [4.78, 5) is 0. The zero-order valence-corrected chi connectivity index (χ0v) is 10.5. The van der Waals surface area contributed by atoms with Gasteiger partial charge in [-0.2, -0.15) is 0 Å². The summed E-state index contributed by atoms with van der Waals surface area (Å²) in [6.07, 6.45) is 11.5. The quantitative estimate of drug-likeness (QED) is 0.730. The fourth-order valence-corrected chi connectivity index (χ4v) is 3.50. The standard InChI is InChI=1S/C14H27N/c1-11-5-3-7-13(9-11)15-14-8-4-6-12(2)10-14/h11-15H,3-10H2,1-2H3/t11-,12-,13+,14+/m0/s1. The van der Waals surface area contributed by atoms with E-state index in [0.29, 0.717) is 0 Å². The SMILES string of the molecule is C[C@H]1CCC[C@@H](N[C@@H]2CCC[C@H](C)C2)C1. The Labute approximate surface area is 95.0 Å². The minimum atomic E-state index is 0.837.